The molecule has 1 aromatic rings. The van der Waals surface area contributed by atoms with E-state index in [1.54, 1.807) is 7.11 Å². The molecule has 1 aliphatic heterocycles. The van der Waals surface area contributed by atoms with Crippen LogP contribution in [0.4, 0.5) is 5.69 Å². The summed E-state index contributed by atoms with van der Waals surface area (Å²) in [7, 11) is 1.59. The second-order valence-corrected chi connectivity index (χ2v) is 5.53. The second kappa shape index (κ2) is 7.43. The van der Waals surface area contributed by atoms with Crippen molar-refractivity contribution < 1.29 is 14.6 Å². The average Bonchev–Trinajstić information content (AvgIpc) is 2.54. The number of aliphatic hydroxyl groups is 1. The molecule has 1 heterocycles. The molecule has 1 atom stereocenters. The van der Waals surface area contributed by atoms with Gasteiger partial charge in [0.2, 0.25) is 5.91 Å². The molecule has 21 heavy (non-hydrogen) atoms. The highest BCUT2D eigenvalue weighted by molar-refractivity contribution is 5.95. The lowest BCUT2D eigenvalue weighted by Gasteiger charge is -2.34. The minimum atomic E-state index is -0.186. The topological polar surface area (TPSA) is 61.8 Å². The van der Waals surface area contributed by atoms with Gasteiger partial charge in [-0.15, -0.1) is 0 Å². The highest BCUT2D eigenvalue weighted by Gasteiger charge is 2.26. The molecule has 0 radical (unpaired) electrons. The molecule has 1 unspecified atom stereocenters. The lowest BCUT2D eigenvalue weighted by atomic mass is 9.97. The van der Waals surface area contributed by atoms with Crippen LogP contribution in [0.15, 0.2) is 24.3 Å². The largest absolute Gasteiger partial charge is 0.495 e. The molecular weight excluding hydrogens is 268 g/mol. The van der Waals surface area contributed by atoms with Gasteiger partial charge in [-0.05, 0) is 50.9 Å². The van der Waals surface area contributed by atoms with E-state index in [4.69, 9.17) is 9.84 Å². The number of ether oxygens (including phenoxy) is 1. The van der Waals surface area contributed by atoms with Gasteiger partial charge in [-0.25, -0.2) is 0 Å². The van der Waals surface area contributed by atoms with E-state index in [0.717, 1.165) is 25.9 Å². The number of carbonyl (C=O) groups excluding carboxylic acids is 1. The molecule has 116 valence electrons. The predicted molar refractivity (Wildman–Crippen MR) is 82.5 cm³/mol. The fourth-order valence-electron chi connectivity index (χ4n) is 2.67. The number of hydrogen-bond acceptors (Lipinski definition) is 4. The van der Waals surface area contributed by atoms with Crippen molar-refractivity contribution in [3.8, 4) is 5.75 Å². The van der Waals surface area contributed by atoms with Gasteiger partial charge in [-0.1, -0.05) is 12.1 Å². The maximum absolute atomic E-state index is 12.4. The molecule has 1 aliphatic rings. The number of likely N-dealkylation sites (tertiary alicyclic amines) is 1. The third-order valence-corrected chi connectivity index (χ3v) is 4.20. The number of carbonyl (C=O) groups is 1. The molecule has 5 nitrogen and oxygen atoms in total. The monoisotopic (exact) mass is 292 g/mol. The minimum absolute atomic E-state index is 0.0260. The van der Waals surface area contributed by atoms with Gasteiger partial charge in [-0.3, -0.25) is 9.69 Å². The van der Waals surface area contributed by atoms with Gasteiger partial charge >= 0.3 is 0 Å². The summed E-state index contributed by atoms with van der Waals surface area (Å²) in [4.78, 5) is 14.5. The first kappa shape index (κ1) is 15.8. The van der Waals surface area contributed by atoms with E-state index < -0.39 is 0 Å². The van der Waals surface area contributed by atoms with Crippen LogP contribution in [0.25, 0.3) is 0 Å². The summed E-state index contributed by atoms with van der Waals surface area (Å²) in [5.74, 6) is 1.02. The number of nitrogens with one attached hydrogen (secondary N) is 1. The van der Waals surface area contributed by atoms with Crippen LogP contribution in [0.5, 0.6) is 5.75 Å². The SMILES string of the molecule is COc1ccccc1NC(=O)C(C)N1CCC(CO)CC1. The quantitative estimate of drug-likeness (QED) is 0.867. The highest BCUT2D eigenvalue weighted by atomic mass is 16.5. The lowest BCUT2D eigenvalue weighted by molar-refractivity contribution is -0.121. The summed E-state index contributed by atoms with van der Waals surface area (Å²) >= 11 is 0. The van der Waals surface area contributed by atoms with Crippen molar-refractivity contribution in [1.29, 1.82) is 0 Å². The van der Waals surface area contributed by atoms with E-state index in [9.17, 15) is 4.79 Å². The van der Waals surface area contributed by atoms with Crippen molar-refractivity contribution in [2.45, 2.75) is 25.8 Å². The molecule has 0 aromatic heterocycles. The Morgan fingerprint density at radius 2 is 2.10 bits per heavy atom. The van der Waals surface area contributed by atoms with Crippen molar-refractivity contribution in [2.24, 2.45) is 5.92 Å². The predicted octanol–water partition coefficient (Wildman–Crippen LogP) is 1.73. The zero-order valence-electron chi connectivity index (χ0n) is 12.7. The van der Waals surface area contributed by atoms with Gasteiger partial charge in [0.05, 0.1) is 18.8 Å². The summed E-state index contributed by atoms with van der Waals surface area (Å²) in [6.07, 6.45) is 1.89. The van der Waals surface area contributed by atoms with Crippen molar-refractivity contribution in [2.75, 3.05) is 32.1 Å². The third kappa shape index (κ3) is 3.95. The lowest BCUT2D eigenvalue weighted by Crippen LogP contribution is -2.46. The van der Waals surface area contributed by atoms with Gasteiger partial charge in [0.25, 0.3) is 0 Å². The molecule has 0 bridgehead atoms. The van der Waals surface area contributed by atoms with E-state index >= 15 is 0 Å². The number of amides is 1. The van der Waals surface area contributed by atoms with Crippen LogP contribution >= 0.6 is 0 Å². The Morgan fingerprint density at radius 3 is 2.71 bits per heavy atom. The zero-order valence-corrected chi connectivity index (χ0v) is 12.7. The van der Waals surface area contributed by atoms with Crippen LogP contribution < -0.4 is 10.1 Å². The van der Waals surface area contributed by atoms with E-state index in [1.807, 2.05) is 31.2 Å². The van der Waals surface area contributed by atoms with E-state index in [2.05, 4.69) is 10.2 Å². The average molecular weight is 292 g/mol. The number of anilines is 1. The maximum atomic E-state index is 12.4. The molecule has 1 saturated heterocycles. The Kier molecular flexibility index (Phi) is 5.59. The number of methoxy groups -OCH3 is 1. The Hall–Kier alpha value is -1.59. The Labute approximate surface area is 125 Å². The fraction of sp³-hybridized carbons (Fsp3) is 0.562. The first-order chi connectivity index (χ1) is 10.2. The van der Waals surface area contributed by atoms with Crippen molar-refractivity contribution in [1.82, 2.24) is 4.90 Å². The molecule has 1 fully saturated rings. The van der Waals surface area contributed by atoms with Gasteiger partial charge in [0.15, 0.2) is 0 Å². The van der Waals surface area contributed by atoms with E-state index in [0.29, 0.717) is 17.4 Å². The Balaban J connectivity index is 1.94. The Bertz CT molecular complexity index is 470. The maximum Gasteiger partial charge on any atom is 0.241 e. The summed E-state index contributed by atoms with van der Waals surface area (Å²) < 4.78 is 5.24. The number of hydrogen-bond donors (Lipinski definition) is 2. The molecule has 2 N–H and O–H groups in total. The molecule has 0 saturated carbocycles. The van der Waals surface area contributed by atoms with Crippen molar-refractivity contribution >= 4 is 11.6 Å². The number of nitrogens with zero attached hydrogens (tertiary/aromatic N) is 1. The van der Waals surface area contributed by atoms with Crippen LogP contribution in [-0.4, -0.2) is 48.8 Å². The number of aliphatic hydroxyl groups excluding tert-OH is 1. The molecule has 1 aromatic carbocycles. The molecular formula is C16H24N2O3. The van der Waals surface area contributed by atoms with E-state index in [-0.39, 0.29) is 18.6 Å². The number of piperidine rings is 1. The van der Waals surface area contributed by atoms with Gasteiger partial charge in [0, 0.05) is 6.61 Å². The molecule has 0 spiro atoms. The van der Waals surface area contributed by atoms with Crippen molar-refractivity contribution in [3.05, 3.63) is 24.3 Å². The van der Waals surface area contributed by atoms with Crippen LogP contribution in [0.2, 0.25) is 0 Å². The second-order valence-electron chi connectivity index (χ2n) is 5.53. The number of rotatable bonds is 5. The van der Waals surface area contributed by atoms with Gasteiger partial charge in [-0.2, -0.15) is 0 Å². The zero-order chi connectivity index (χ0) is 15.2. The highest BCUT2D eigenvalue weighted by Crippen LogP contribution is 2.24. The van der Waals surface area contributed by atoms with Crippen LogP contribution in [-0.2, 0) is 4.79 Å². The Morgan fingerprint density at radius 1 is 1.43 bits per heavy atom. The standard InChI is InChI=1S/C16H24N2O3/c1-12(18-9-7-13(11-19)8-10-18)16(20)17-14-5-3-4-6-15(14)21-2/h3-6,12-13,19H,7-11H2,1-2H3,(H,17,20). The smallest absolute Gasteiger partial charge is 0.241 e. The number of para-hydroxylation sites is 2. The summed E-state index contributed by atoms with van der Waals surface area (Å²) in [6, 6.07) is 7.22. The van der Waals surface area contributed by atoms with Gasteiger partial charge in [0.1, 0.15) is 5.75 Å². The van der Waals surface area contributed by atoms with E-state index in [1.165, 1.54) is 0 Å². The minimum Gasteiger partial charge on any atom is -0.495 e. The molecule has 2 rings (SSSR count). The number of benzene rings is 1. The summed E-state index contributed by atoms with van der Waals surface area (Å²) in [5.41, 5.74) is 0.696. The molecule has 0 aliphatic carbocycles. The molecule has 5 heteroatoms. The van der Waals surface area contributed by atoms with Crippen LogP contribution in [0.3, 0.4) is 0 Å². The normalized spacial score (nSPS) is 18.2. The first-order valence-corrected chi connectivity index (χ1v) is 7.44. The summed E-state index contributed by atoms with van der Waals surface area (Å²) in [6.45, 7) is 3.87. The van der Waals surface area contributed by atoms with Crippen LogP contribution in [0, 0.1) is 5.92 Å². The van der Waals surface area contributed by atoms with Crippen LogP contribution in [0.1, 0.15) is 19.8 Å². The fourth-order valence-corrected chi connectivity index (χ4v) is 2.67. The van der Waals surface area contributed by atoms with Crippen molar-refractivity contribution in [3.63, 3.8) is 0 Å². The summed E-state index contributed by atoms with van der Waals surface area (Å²) in [5, 5.41) is 12.1. The van der Waals surface area contributed by atoms with Gasteiger partial charge < -0.3 is 15.2 Å². The first-order valence-electron chi connectivity index (χ1n) is 7.44. The third-order valence-electron chi connectivity index (χ3n) is 4.20. The molecule has 1 amide bonds.